The predicted octanol–water partition coefficient (Wildman–Crippen LogP) is 2.23. The first kappa shape index (κ1) is 10.5. The van der Waals surface area contributed by atoms with Gasteiger partial charge < -0.3 is 14.6 Å². The van der Waals surface area contributed by atoms with Gasteiger partial charge in [-0.1, -0.05) is 0 Å². The zero-order valence-corrected chi connectivity index (χ0v) is 9.87. The molecule has 1 N–H and O–H groups in total. The maximum atomic E-state index is 9.02. The zero-order valence-electron chi connectivity index (χ0n) is 8.29. The summed E-state index contributed by atoms with van der Waals surface area (Å²) < 4.78 is 11.5. The molecule has 3 nitrogen and oxygen atoms in total. The van der Waals surface area contributed by atoms with Crippen molar-refractivity contribution in [1.29, 1.82) is 0 Å². The lowest BCUT2D eigenvalue weighted by molar-refractivity contribution is 0.284. The highest BCUT2D eigenvalue weighted by Gasteiger charge is 2.15. The van der Waals surface area contributed by atoms with Crippen molar-refractivity contribution < 1.29 is 14.6 Å². The fourth-order valence-corrected chi connectivity index (χ4v) is 2.05. The first-order valence-corrected chi connectivity index (χ1v) is 5.34. The van der Waals surface area contributed by atoms with E-state index in [9.17, 15) is 0 Å². The fraction of sp³-hybridized carbons (Fsp3) is 0.273. The molecular weight excluding hydrogens is 260 g/mol. The highest BCUT2D eigenvalue weighted by molar-refractivity contribution is 9.10. The molecule has 1 aromatic carbocycles. The fourth-order valence-electron chi connectivity index (χ4n) is 1.48. The van der Waals surface area contributed by atoms with E-state index in [-0.39, 0.29) is 6.61 Å². The van der Waals surface area contributed by atoms with Crippen molar-refractivity contribution in [2.45, 2.75) is 0 Å². The number of hydrogen-bond acceptors (Lipinski definition) is 3. The number of ether oxygens (including phenoxy) is 2. The molecule has 1 aromatic rings. The standard InChI is InChI=1S/C11H11BrO3/c1-14-9-3-8-2-7(5-13)6-15-11(8)10(12)4-9/h2-4,13H,5-6H2,1H3. The molecular formula is C11H11BrO3. The molecule has 0 saturated heterocycles. The number of methoxy groups -OCH3 is 1. The first-order valence-electron chi connectivity index (χ1n) is 4.55. The Morgan fingerprint density at radius 2 is 2.33 bits per heavy atom. The second-order valence-corrected chi connectivity index (χ2v) is 4.13. The SMILES string of the molecule is COc1cc(Br)c2c(c1)C=C(CO)CO2. The predicted molar refractivity (Wildman–Crippen MR) is 61.3 cm³/mol. The first-order chi connectivity index (χ1) is 7.24. The Morgan fingerprint density at radius 3 is 3.00 bits per heavy atom. The lowest BCUT2D eigenvalue weighted by Crippen LogP contribution is -2.10. The van der Waals surface area contributed by atoms with E-state index >= 15 is 0 Å². The van der Waals surface area contributed by atoms with E-state index in [1.54, 1.807) is 7.11 Å². The normalized spacial score (nSPS) is 13.9. The Kier molecular flexibility index (Phi) is 2.98. The molecule has 15 heavy (non-hydrogen) atoms. The Hall–Kier alpha value is -1.00. The average Bonchev–Trinajstić information content (AvgIpc) is 2.28. The van der Waals surface area contributed by atoms with Crippen LogP contribution < -0.4 is 9.47 Å². The van der Waals surface area contributed by atoms with E-state index in [4.69, 9.17) is 14.6 Å². The Morgan fingerprint density at radius 1 is 1.53 bits per heavy atom. The van der Waals surface area contributed by atoms with Gasteiger partial charge in [-0.25, -0.2) is 0 Å². The minimum absolute atomic E-state index is 0.0221. The molecule has 0 radical (unpaired) electrons. The molecule has 0 aromatic heterocycles. The van der Waals surface area contributed by atoms with Gasteiger partial charge in [0, 0.05) is 5.56 Å². The van der Waals surface area contributed by atoms with Gasteiger partial charge in [-0.3, -0.25) is 0 Å². The number of aliphatic hydroxyl groups excluding tert-OH is 1. The summed E-state index contributed by atoms with van der Waals surface area (Å²) in [5.74, 6) is 1.56. The molecule has 0 saturated carbocycles. The summed E-state index contributed by atoms with van der Waals surface area (Å²) in [6, 6.07) is 3.74. The van der Waals surface area contributed by atoms with Crippen LogP contribution in [0.4, 0.5) is 0 Å². The van der Waals surface area contributed by atoms with Gasteiger partial charge in [0.1, 0.15) is 18.1 Å². The summed E-state index contributed by atoms with van der Waals surface area (Å²) in [4.78, 5) is 0. The Labute approximate surface area is 96.4 Å². The van der Waals surface area contributed by atoms with Gasteiger partial charge in [0.05, 0.1) is 18.2 Å². The van der Waals surface area contributed by atoms with Gasteiger partial charge in [0.2, 0.25) is 0 Å². The van der Waals surface area contributed by atoms with Gasteiger partial charge in [-0.2, -0.15) is 0 Å². The molecule has 2 rings (SSSR count). The molecule has 0 aliphatic carbocycles. The number of hydrogen-bond donors (Lipinski definition) is 1. The minimum atomic E-state index is 0.0221. The quantitative estimate of drug-likeness (QED) is 0.896. The van der Waals surface area contributed by atoms with Crippen molar-refractivity contribution >= 4 is 22.0 Å². The summed E-state index contributed by atoms with van der Waals surface area (Å²) >= 11 is 3.42. The van der Waals surface area contributed by atoms with Crippen LogP contribution in [0.2, 0.25) is 0 Å². The molecule has 80 valence electrons. The molecule has 1 aliphatic heterocycles. The number of aliphatic hydroxyl groups is 1. The molecule has 0 fully saturated rings. The molecule has 0 spiro atoms. The molecule has 1 aliphatic rings. The van der Waals surface area contributed by atoms with Crippen LogP contribution >= 0.6 is 15.9 Å². The van der Waals surface area contributed by atoms with Crippen LogP contribution in [-0.4, -0.2) is 25.4 Å². The number of halogens is 1. The highest BCUT2D eigenvalue weighted by atomic mass is 79.9. The second kappa shape index (κ2) is 4.24. The maximum Gasteiger partial charge on any atom is 0.141 e. The van der Waals surface area contributed by atoms with Gasteiger partial charge in [-0.15, -0.1) is 0 Å². The number of benzene rings is 1. The van der Waals surface area contributed by atoms with Crippen molar-refractivity contribution in [3.63, 3.8) is 0 Å². The van der Waals surface area contributed by atoms with E-state index in [0.717, 1.165) is 27.1 Å². The lowest BCUT2D eigenvalue weighted by Gasteiger charge is -2.18. The van der Waals surface area contributed by atoms with Crippen LogP contribution in [0.25, 0.3) is 6.08 Å². The summed E-state index contributed by atoms with van der Waals surface area (Å²) in [6.45, 7) is 0.461. The smallest absolute Gasteiger partial charge is 0.141 e. The lowest BCUT2D eigenvalue weighted by atomic mass is 10.1. The van der Waals surface area contributed by atoms with Crippen molar-refractivity contribution in [3.8, 4) is 11.5 Å². The van der Waals surface area contributed by atoms with Crippen molar-refractivity contribution in [3.05, 3.63) is 27.7 Å². The van der Waals surface area contributed by atoms with Crippen molar-refractivity contribution in [2.75, 3.05) is 20.3 Å². The summed E-state index contributed by atoms with van der Waals surface area (Å²) in [5.41, 5.74) is 1.79. The van der Waals surface area contributed by atoms with Gasteiger partial charge in [0.25, 0.3) is 0 Å². The molecule has 4 heteroatoms. The Balaban J connectivity index is 2.49. The Bertz CT molecular complexity index is 413. The van der Waals surface area contributed by atoms with Crippen LogP contribution in [0.5, 0.6) is 11.5 Å². The van der Waals surface area contributed by atoms with E-state index < -0.39 is 0 Å². The van der Waals surface area contributed by atoms with Crippen LogP contribution in [0.15, 0.2) is 22.2 Å². The van der Waals surface area contributed by atoms with Crippen LogP contribution in [0.3, 0.4) is 0 Å². The zero-order chi connectivity index (χ0) is 10.8. The maximum absolute atomic E-state index is 9.02. The molecule has 1 heterocycles. The van der Waals surface area contributed by atoms with Crippen molar-refractivity contribution in [1.82, 2.24) is 0 Å². The summed E-state index contributed by atoms with van der Waals surface area (Å²) in [5, 5.41) is 9.02. The minimum Gasteiger partial charge on any atom is -0.497 e. The number of rotatable bonds is 2. The van der Waals surface area contributed by atoms with E-state index in [1.165, 1.54) is 0 Å². The van der Waals surface area contributed by atoms with Gasteiger partial charge in [-0.05, 0) is 39.7 Å². The topological polar surface area (TPSA) is 38.7 Å². The monoisotopic (exact) mass is 270 g/mol. The molecule has 0 atom stereocenters. The van der Waals surface area contributed by atoms with Crippen LogP contribution in [0, 0.1) is 0 Å². The van der Waals surface area contributed by atoms with Crippen LogP contribution in [-0.2, 0) is 0 Å². The highest BCUT2D eigenvalue weighted by Crippen LogP contribution is 2.37. The molecule has 0 bridgehead atoms. The van der Waals surface area contributed by atoms with Crippen molar-refractivity contribution in [2.24, 2.45) is 0 Å². The van der Waals surface area contributed by atoms with Gasteiger partial charge in [0.15, 0.2) is 0 Å². The number of fused-ring (bicyclic) bond motifs is 1. The van der Waals surface area contributed by atoms with E-state index in [1.807, 2.05) is 18.2 Å². The third kappa shape index (κ3) is 2.01. The average molecular weight is 271 g/mol. The molecule has 0 amide bonds. The summed E-state index contributed by atoms with van der Waals surface area (Å²) in [7, 11) is 1.62. The summed E-state index contributed by atoms with van der Waals surface area (Å²) in [6.07, 6.45) is 1.92. The van der Waals surface area contributed by atoms with Crippen LogP contribution in [0.1, 0.15) is 5.56 Å². The van der Waals surface area contributed by atoms with Gasteiger partial charge >= 0.3 is 0 Å². The third-order valence-corrected chi connectivity index (χ3v) is 2.84. The second-order valence-electron chi connectivity index (χ2n) is 3.28. The largest absolute Gasteiger partial charge is 0.497 e. The van der Waals surface area contributed by atoms with E-state index in [2.05, 4.69) is 15.9 Å². The molecule has 0 unspecified atom stereocenters. The van der Waals surface area contributed by atoms with E-state index in [0.29, 0.717) is 6.61 Å². The third-order valence-electron chi connectivity index (χ3n) is 2.25.